The summed E-state index contributed by atoms with van der Waals surface area (Å²) in [5.41, 5.74) is 8.91. The molecule has 0 aliphatic carbocycles. The van der Waals surface area contributed by atoms with Crippen molar-refractivity contribution in [2.24, 2.45) is 11.7 Å². The lowest BCUT2D eigenvalue weighted by molar-refractivity contribution is 0.0995. The van der Waals surface area contributed by atoms with Crippen LogP contribution in [0.3, 0.4) is 0 Å². The summed E-state index contributed by atoms with van der Waals surface area (Å²) in [6, 6.07) is 6.46. The summed E-state index contributed by atoms with van der Waals surface area (Å²) < 4.78 is 11.3. The molecule has 4 atom stereocenters. The average molecular weight is 247 g/mol. The van der Waals surface area contributed by atoms with Crippen LogP contribution in [0, 0.1) is 5.92 Å². The van der Waals surface area contributed by atoms with Crippen molar-refractivity contribution < 1.29 is 9.47 Å². The summed E-state index contributed by atoms with van der Waals surface area (Å²) >= 11 is 0. The molecule has 3 nitrogen and oxygen atoms in total. The van der Waals surface area contributed by atoms with Gasteiger partial charge < -0.3 is 15.2 Å². The summed E-state index contributed by atoms with van der Waals surface area (Å²) in [7, 11) is 0. The molecule has 0 saturated carbocycles. The predicted octanol–water partition coefficient (Wildman–Crippen LogP) is 2.43. The van der Waals surface area contributed by atoms with Crippen LogP contribution in [-0.2, 0) is 11.2 Å². The normalized spacial score (nSPS) is 32.1. The van der Waals surface area contributed by atoms with Crippen LogP contribution in [0.1, 0.15) is 37.4 Å². The van der Waals surface area contributed by atoms with Crippen LogP contribution in [0.5, 0.6) is 5.75 Å². The molecule has 4 unspecified atom stereocenters. The monoisotopic (exact) mass is 247 g/mol. The topological polar surface area (TPSA) is 44.5 Å². The average Bonchev–Trinajstić information content (AvgIpc) is 2.91. The smallest absolute Gasteiger partial charge is 0.123 e. The van der Waals surface area contributed by atoms with E-state index in [0.717, 1.165) is 25.2 Å². The van der Waals surface area contributed by atoms with E-state index in [1.807, 2.05) is 0 Å². The Bertz CT molecular complexity index is 446. The van der Waals surface area contributed by atoms with Gasteiger partial charge in [-0.3, -0.25) is 0 Å². The Morgan fingerprint density at radius 2 is 2.17 bits per heavy atom. The Kier molecular flexibility index (Phi) is 3.04. The van der Waals surface area contributed by atoms with E-state index in [-0.39, 0.29) is 12.1 Å². The van der Waals surface area contributed by atoms with Gasteiger partial charge in [0.1, 0.15) is 11.9 Å². The van der Waals surface area contributed by atoms with Crippen molar-refractivity contribution in [1.29, 1.82) is 0 Å². The van der Waals surface area contributed by atoms with Crippen LogP contribution < -0.4 is 10.5 Å². The molecule has 1 aromatic carbocycles. The Morgan fingerprint density at radius 3 is 2.89 bits per heavy atom. The zero-order valence-corrected chi connectivity index (χ0v) is 11.1. The molecule has 1 aromatic rings. The molecule has 0 amide bonds. The highest BCUT2D eigenvalue weighted by Crippen LogP contribution is 2.35. The summed E-state index contributed by atoms with van der Waals surface area (Å²) in [6.07, 6.45) is 2.61. The zero-order chi connectivity index (χ0) is 12.7. The van der Waals surface area contributed by atoms with Gasteiger partial charge in [-0.05, 0) is 37.5 Å². The highest BCUT2D eigenvalue weighted by molar-refractivity contribution is 5.41. The van der Waals surface area contributed by atoms with Crippen LogP contribution in [0.15, 0.2) is 18.2 Å². The first-order valence-electron chi connectivity index (χ1n) is 6.82. The van der Waals surface area contributed by atoms with Crippen molar-refractivity contribution in [2.75, 3.05) is 6.61 Å². The second-order valence-electron chi connectivity index (χ2n) is 5.55. The summed E-state index contributed by atoms with van der Waals surface area (Å²) in [5, 5.41) is 0. The zero-order valence-electron chi connectivity index (χ0n) is 11.1. The quantitative estimate of drug-likeness (QED) is 0.873. The van der Waals surface area contributed by atoms with E-state index in [9.17, 15) is 0 Å². The minimum absolute atomic E-state index is 0.0729. The third kappa shape index (κ3) is 2.02. The predicted molar refractivity (Wildman–Crippen MR) is 70.7 cm³/mol. The van der Waals surface area contributed by atoms with Crippen LogP contribution in [0.25, 0.3) is 0 Å². The minimum Gasteiger partial charge on any atom is -0.490 e. The fraction of sp³-hybridized carbons (Fsp3) is 0.600. The number of rotatable bonds is 2. The number of hydrogen-bond acceptors (Lipinski definition) is 3. The molecular weight excluding hydrogens is 226 g/mol. The molecule has 0 aromatic heterocycles. The van der Waals surface area contributed by atoms with Crippen molar-refractivity contribution in [3.63, 3.8) is 0 Å². The van der Waals surface area contributed by atoms with Crippen LogP contribution >= 0.6 is 0 Å². The fourth-order valence-electron chi connectivity index (χ4n) is 3.12. The first-order valence-corrected chi connectivity index (χ1v) is 6.82. The van der Waals surface area contributed by atoms with E-state index in [0.29, 0.717) is 12.0 Å². The Labute approximate surface area is 108 Å². The van der Waals surface area contributed by atoms with Gasteiger partial charge in [0.2, 0.25) is 0 Å². The summed E-state index contributed by atoms with van der Waals surface area (Å²) in [5.74, 6) is 1.46. The molecule has 0 spiro atoms. The molecule has 1 saturated heterocycles. The number of hydrogen-bond donors (Lipinski definition) is 1. The SMILES string of the molecule is CC1Cc2cc(C(N)C3CCOC3C)ccc2O1. The van der Waals surface area contributed by atoms with Crippen molar-refractivity contribution in [3.05, 3.63) is 29.3 Å². The van der Waals surface area contributed by atoms with Gasteiger partial charge in [0.05, 0.1) is 6.10 Å². The fourth-order valence-corrected chi connectivity index (χ4v) is 3.12. The maximum absolute atomic E-state index is 6.40. The molecule has 0 radical (unpaired) electrons. The molecule has 2 N–H and O–H groups in total. The number of ether oxygens (including phenoxy) is 2. The van der Waals surface area contributed by atoms with Gasteiger partial charge >= 0.3 is 0 Å². The molecule has 18 heavy (non-hydrogen) atoms. The third-order valence-electron chi connectivity index (χ3n) is 4.20. The second-order valence-corrected chi connectivity index (χ2v) is 5.55. The van der Waals surface area contributed by atoms with Crippen LogP contribution in [-0.4, -0.2) is 18.8 Å². The van der Waals surface area contributed by atoms with E-state index in [1.165, 1.54) is 11.1 Å². The van der Waals surface area contributed by atoms with E-state index < -0.39 is 0 Å². The molecule has 98 valence electrons. The Hall–Kier alpha value is -1.06. The number of fused-ring (bicyclic) bond motifs is 1. The number of nitrogens with two attached hydrogens (primary N) is 1. The lowest BCUT2D eigenvalue weighted by Crippen LogP contribution is -2.26. The van der Waals surface area contributed by atoms with Gasteiger partial charge in [-0.25, -0.2) is 0 Å². The van der Waals surface area contributed by atoms with Crippen molar-refractivity contribution in [2.45, 2.75) is 44.9 Å². The van der Waals surface area contributed by atoms with E-state index in [4.69, 9.17) is 15.2 Å². The standard InChI is InChI=1S/C15H21NO2/c1-9-7-12-8-11(3-4-14(12)18-9)15(16)13-5-6-17-10(13)2/h3-4,8-10,13,15H,5-7,16H2,1-2H3. The maximum atomic E-state index is 6.40. The van der Waals surface area contributed by atoms with Crippen LogP contribution in [0.4, 0.5) is 0 Å². The Morgan fingerprint density at radius 1 is 1.33 bits per heavy atom. The largest absolute Gasteiger partial charge is 0.490 e. The molecule has 3 rings (SSSR count). The van der Waals surface area contributed by atoms with Crippen molar-refractivity contribution in [1.82, 2.24) is 0 Å². The van der Waals surface area contributed by atoms with Crippen LogP contribution in [0.2, 0.25) is 0 Å². The highest BCUT2D eigenvalue weighted by Gasteiger charge is 2.31. The van der Waals surface area contributed by atoms with Gasteiger partial charge in [0.15, 0.2) is 0 Å². The minimum atomic E-state index is 0.0729. The van der Waals surface area contributed by atoms with E-state index in [1.54, 1.807) is 0 Å². The maximum Gasteiger partial charge on any atom is 0.123 e. The highest BCUT2D eigenvalue weighted by atomic mass is 16.5. The van der Waals surface area contributed by atoms with Gasteiger partial charge in [-0.15, -0.1) is 0 Å². The molecule has 2 aliphatic rings. The third-order valence-corrected chi connectivity index (χ3v) is 4.20. The van der Waals surface area contributed by atoms with Crippen molar-refractivity contribution in [3.8, 4) is 5.75 Å². The molecule has 3 heteroatoms. The lowest BCUT2D eigenvalue weighted by Gasteiger charge is -2.22. The molecule has 1 fully saturated rings. The van der Waals surface area contributed by atoms with E-state index >= 15 is 0 Å². The molecule has 2 heterocycles. The van der Waals surface area contributed by atoms with E-state index in [2.05, 4.69) is 32.0 Å². The second kappa shape index (κ2) is 4.56. The first-order chi connectivity index (χ1) is 8.65. The summed E-state index contributed by atoms with van der Waals surface area (Å²) in [6.45, 7) is 5.06. The first kappa shape index (κ1) is 12.0. The molecule has 0 bridgehead atoms. The molecule has 2 aliphatic heterocycles. The lowest BCUT2D eigenvalue weighted by atomic mass is 9.88. The van der Waals surface area contributed by atoms with Gasteiger partial charge in [0, 0.05) is 25.0 Å². The Balaban J connectivity index is 1.82. The van der Waals surface area contributed by atoms with Gasteiger partial charge in [-0.2, -0.15) is 0 Å². The van der Waals surface area contributed by atoms with Crippen molar-refractivity contribution >= 4 is 0 Å². The molecular formula is C15H21NO2. The van der Waals surface area contributed by atoms with Gasteiger partial charge in [-0.1, -0.05) is 12.1 Å². The number of benzene rings is 1. The van der Waals surface area contributed by atoms with Gasteiger partial charge in [0.25, 0.3) is 0 Å². The summed E-state index contributed by atoms with van der Waals surface area (Å²) in [4.78, 5) is 0.